The van der Waals surface area contributed by atoms with Gasteiger partial charge >= 0.3 is 0 Å². The van der Waals surface area contributed by atoms with Crippen LogP contribution in [0.15, 0.2) is 91.0 Å². The third kappa shape index (κ3) is 4.92. The van der Waals surface area contributed by atoms with Crippen LogP contribution in [-0.2, 0) is 6.42 Å². The quantitative estimate of drug-likeness (QED) is 0.359. The molecule has 0 atom stereocenters. The molecule has 0 saturated carbocycles. The molecule has 3 aromatic rings. The maximum Gasteiger partial charge on any atom is 0.174 e. The summed E-state index contributed by atoms with van der Waals surface area (Å²) >= 11 is 0. The van der Waals surface area contributed by atoms with Gasteiger partial charge in [-0.05, 0) is 24.0 Å². The summed E-state index contributed by atoms with van der Waals surface area (Å²) in [6.07, 6.45) is 5.27. The number of Topliss-reactive ketones (excluding diaryl/α,β-unsaturated/α-hetero) is 2. The molecule has 0 aliphatic carbocycles. The van der Waals surface area contributed by atoms with E-state index in [2.05, 4.69) is 31.2 Å². The fourth-order valence-electron chi connectivity index (χ4n) is 3.15. The third-order valence-corrected chi connectivity index (χ3v) is 4.82. The van der Waals surface area contributed by atoms with E-state index < -0.39 is 5.92 Å². The van der Waals surface area contributed by atoms with Crippen LogP contribution < -0.4 is 0 Å². The lowest BCUT2D eigenvalue weighted by Crippen LogP contribution is -2.24. The Balaban J connectivity index is 1.82. The van der Waals surface area contributed by atoms with Crippen molar-refractivity contribution in [2.45, 2.75) is 19.8 Å². The Morgan fingerprint density at radius 2 is 1.25 bits per heavy atom. The van der Waals surface area contributed by atoms with Crippen molar-refractivity contribution in [3.05, 3.63) is 113 Å². The van der Waals surface area contributed by atoms with Gasteiger partial charge < -0.3 is 0 Å². The minimum absolute atomic E-state index is 0.138. The number of rotatable bonds is 8. The first-order chi connectivity index (χ1) is 13.7. The van der Waals surface area contributed by atoms with Gasteiger partial charge in [0, 0.05) is 11.1 Å². The standard InChI is InChI=1S/C26H24O2/c1-2-20-16-18-21(19-17-20)10-9-15-24(25(27)22-11-5-3-6-12-22)26(28)23-13-7-4-8-14-23/h3-14,16-19,24H,2,15H2,1H3. The van der Waals surface area contributed by atoms with Crippen LogP contribution in [0.4, 0.5) is 0 Å². The van der Waals surface area contributed by atoms with Crippen LogP contribution >= 0.6 is 0 Å². The molecule has 0 aliphatic rings. The van der Waals surface area contributed by atoms with Gasteiger partial charge in [0.25, 0.3) is 0 Å². The smallest absolute Gasteiger partial charge is 0.174 e. The number of carbonyl (C=O) groups excluding carboxylic acids is 2. The molecule has 0 N–H and O–H groups in total. The molecule has 0 amide bonds. The van der Waals surface area contributed by atoms with Gasteiger partial charge in [-0.1, -0.05) is 104 Å². The zero-order valence-corrected chi connectivity index (χ0v) is 16.0. The van der Waals surface area contributed by atoms with Crippen LogP contribution in [0.3, 0.4) is 0 Å². The van der Waals surface area contributed by atoms with E-state index >= 15 is 0 Å². The van der Waals surface area contributed by atoms with Gasteiger partial charge in [0.1, 0.15) is 0 Å². The monoisotopic (exact) mass is 368 g/mol. The minimum atomic E-state index is -0.726. The topological polar surface area (TPSA) is 34.1 Å². The van der Waals surface area contributed by atoms with E-state index in [1.54, 1.807) is 24.3 Å². The number of ketones is 2. The summed E-state index contributed by atoms with van der Waals surface area (Å²) in [6.45, 7) is 2.12. The van der Waals surface area contributed by atoms with Crippen LogP contribution in [0.5, 0.6) is 0 Å². The average Bonchev–Trinajstić information content (AvgIpc) is 2.77. The number of benzene rings is 3. The minimum Gasteiger partial charge on any atom is -0.293 e. The molecular formula is C26H24O2. The molecular weight excluding hydrogens is 344 g/mol. The summed E-state index contributed by atoms with van der Waals surface area (Å²) in [7, 11) is 0. The van der Waals surface area contributed by atoms with E-state index in [4.69, 9.17) is 0 Å². The molecule has 0 aliphatic heterocycles. The van der Waals surface area contributed by atoms with E-state index in [-0.39, 0.29) is 11.6 Å². The number of hydrogen-bond donors (Lipinski definition) is 0. The predicted octanol–water partition coefficient (Wildman–Crippen LogP) is 6.03. The van der Waals surface area contributed by atoms with Gasteiger partial charge in [0.2, 0.25) is 0 Å². The van der Waals surface area contributed by atoms with Gasteiger partial charge in [-0.3, -0.25) is 9.59 Å². The normalized spacial score (nSPS) is 11.1. The summed E-state index contributed by atoms with van der Waals surface area (Å²) in [5, 5.41) is 0. The Bertz CT molecular complexity index is 887. The van der Waals surface area contributed by atoms with Crippen molar-refractivity contribution >= 4 is 17.6 Å². The molecule has 0 bridgehead atoms. The van der Waals surface area contributed by atoms with Crippen molar-refractivity contribution in [3.8, 4) is 0 Å². The fraction of sp³-hybridized carbons (Fsp3) is 0.154. The summed E-state index contributed by atoms with van der Waals surface area (Å²) in [6, 6.07) is 26.4. The zero-order valence-electron chi connectivity index (χ0n) is 16.0. The molecule has 140 valence electrons. The summed E-state index contributed by atoms with van der Waals surface area (Å²) in [5.74, 6) is -1.00. The lowest BCUT2D eigenvalue weighted by Gasteiger charge is -2.13. The van der Waals surface area contributed by atoms with E-state index in [1.165, 1.54) is 5.56 Å². The molecule has 2 nitrogen and oxygen atoms in total. The van der Waals surface area contributed by atoms with Crippen LogP contribution in [0.1, 0.15) is 45.2 Å². The van der Waals surface area contributed by atoms with Crippen LogP contribution in [0, 0.1) is 5.92 Å². The Kier molecular flexibility index (Phi) is 6.69. The van der Waals surface area contributed by atoms with Gasteiger partial charge in [0.15, 0.2) is 11.6 Å². The molecule has 0 radical (unpaired) electrons. The SMILES string of the molecule is CCc1ccc(C=CCC(C(=O)c2ccccc2)C(=O)c2ccccc2)cc1. The molecule has 3 aromatic carbocycles. The Hall–Kier alpha value is -3.26. The second-order valence-corrected chi connectivity index (χ2v) is 6.75. The first-order valence-electron chi connectivity index (χ1n) is 9.63. The van der Waals surface area contributed by atoms with Crippen LogP contribution in [0.2, 0.25) is 0 Å². The first-order valence-corrected chi connectivity index (χ1v) is 9.63. The van der Waals surface area contributed by atoms with Crippen molar-refractivity contribution in [2.24, 2.45) is 5.92 Å². The lowest BCUT2D eigenvalue weighted by molar-refractivity contribution is 0.0809. The highest BCUT2D eigenvalue weighted by Gasteiger charge is 2.27. The molecule has 2 heteroatoms. The summed E-state index contributed by atoms with van der Waals surface area (Å²) < 4.78 is 0. The Morgan fingerprint density at radius 3 is 1.71 bits per heavy atom. The molecule has 0 heterocycles. The number of carbonyl (C=O) groups is 2. The highest BCUT2D eigenvalue weighted by atomic mass is 16.1. The predicted molar refractivity (Wildman–Crippen MR) is 115 cm³/mol. The second-order valence-electron chi connectivity index (χ2n) is 6.75. The number of hydrogen-bond acceptors (Lipinski definition) is 2. The Labute approximate surface area is 166 Å². The largest absolute Gasteiger partial charge is 0.293 e. The van der Waals surface area contributed by atoms with E-state index in [1.807, 2.05) is 48.6 Å². The van der Waals surface area contributed by atoms with E-state index in [0.29, 0.717) is 17.5 Å². The van der Waals surface area contributed by atoms with Crippen molar-refractivity contribution < 1.29 is 9.59 Å². The maximum absolute atomic E-state index is 13.0. The van der Waals surface area contributed by atoms with Crippen molar-refractivity contribution in [2.75, 3.05) is 0 Å². The molecule has 0 fully saturated rings. The molecule has 0 saturated heterocycles. The lowest BCUT2D eigenvalue weighted by atomic mass is 9.87. The highest BCUT2D eigenvalue weighted by Crippen LogP contribution is 2.20. The maximum atomic E-state index is 13.0. The van der Waals surface area contributed by atoms with Gasteiger partial charge in [0.05, 0.1) is 5.92 Å². The fourth-order valence-corrected chi connectivity index (χ4v) is 3.15. The van der Waals surface area contributed by atoms with Crippen LogP contribution in [-0.4, -0.2) is 11.6 Å². The molecule has 0 spiro atoms. The summed E-state index contributed by atoms with van der Waals surface area (Å²) in [4.78, 5) is 26.1. The first kappa shape index (κ1) is 19.5. The molecule has 0 unspecified atom stereocenters. The Morgan fingerprint density at radius 1 is 0.750 bits per heavy atom. The summed E-state index contributed by atoms with van der Waals surface area (Å²) in [5.41, 5.74) is 3.48. The second kappa shape index (κ2) is 9.61. The van der Waals surface area contributed by atoms with E-state index in [0.717, 1.165) is 12.0 Å². The zero-order chi connectivity index (χ0) is 19.8. The van der Waals surface area contributed by atoms with Crippen molar-refractivity contribution in [3.63, 3.8) is 0 Å². The molecule has 3 rings (SSSR count). The van der Waals surface area contributed by atoms with Crippen molar-refractivity contribution in [1.82, 2.24) is 0 Å². The average molecular weight is 368 g/mol. The highest BCUT2D eigenvalue weighted by molar-refractivity contribution is 6.16. The van der Waals surface area contributed by atoms with Crippen molar-refractivity contribution in [1.29, 1.82) is 0 Å². The third-order valence-electron chi connectivity index (χ3n) is 4.82. The van der Waals surface area contributed by atoms with E-state index in [9.17, 15) is 9.59 Å². The molecule has 28 heavy (non-hydrogen) atoms. The van der Waals surface area contributed by atoms with Crippen LogP contribution in [0.25, 0.3) is 6.08 Å². The number of aryl methyl sites for hydroxylation is 1. The van der Waals surface area contributed by atoms with Gasteiger partial charge in [-0.25, -0.2) is 0 Å². The number of allylic oxidation sites excluding steroid dienone is 1. The van der Waals surface area contributed by atoms with Gasteiger partial charge in [-0.15, -0.1) is 0 Å². The molecule has 0 aromatic heterocycles. The van der Waals surface area contributed by atoms with Gasteiger partial charge in [-0.2, -0.15) is 0 Å².